The molecule has 26 heavy (non-hydrogen) atoms. The van der Waals surface area contributed by atoms with E-state index < -0.39 is 0 Å². The molecule has 0 amide bonds. The van der Waals surface area contributed by atoms with Crippen molar-refractivity contribution in [2.24, 2.45) is 4.99 Å². The van der Waals surface area contributed by atoms with Gasteiger partial charge in [0, 0.05) is 26.3 Å². The van der Waals surface area contributed by atoms with Gasteiger partial charge in [-0.2, -0.15) is 0 Å². The molecule has 0 spiro atoms. The smallest absolute Gasteiger partial charge is 0.231 e. The van der Waals surface area contributed by atoms with E-state index in [1.807, 2.05) is 12.1 Å². The van der Waals surface area contributed by atoms with Gasteiger partial charge in [0.15, 0.2) is 17.5 Å². The molecule has 8 heteroatoms. The standard InChI is InChI=1S/C18H26BrN3O4/c1-2-20-18(21-5-3-6-24-14-4-7-23-11-14)22-10-13-8-15(19)17-16(9-13)25-12-26-17/h8-9,14H,2-7,10-12H2,1H3,(H2,20,21,22). The molecule has 2 aliphatic heterocycles. The van der Waals surface area contributed by atoms with Crippen LogP contribution in [-0.4, -0.2) is 51.8 Å². The van der Waals surface area contributed by atoms with Gasteiger partial charge in [0.25, 0.3) is 0 Å². The molecule has 2 N–H and O–H groups in total. The Bertz CT molecular complexity index is 621. The molecule has 1 saturated heterocycles. The Kier molecular flexibility index (Phi) is 7.40. The maximum absolute atomic E-state index is 5.77. The lowest BCUT2D eigenvalue weighted by atomic mass is 10.2. The van der Waals surface area contributed by atoms with Crippen molar-refractivity contribution in [1.29, 1.82) is 0 Å². The van der Waals surface area contributed by atoms with Crippen LogP contribution in [0.2, 0.25) is 0 Å². The molecular formula is C18H26BrN3O4. The number of ether oxygens (including phenoxy) is 4. The summed E-state index contributed by atoms with van der Waals surface area (Å²) in [6, 6.07) is 3.98. The lowest BCUT2D eigenvalue weighted by Crippen LogP contribution is -2.38. The Hall–Kier alpha value is -1.51. The van der Waals surface area contributed by atoms with Gasteiger partial charge in [0.1, 0.15) is 0 Å². The molecule has 1 aromatic carbocycles. The maximum Gasteiger partial charge on any atom is 0.231 e. The van der Waals surface area contributed by atoms with Crippen molar-refractivity contribution in [2.75, 3.05) is 39.7 Å². The number of rotatable bonds is 8. The lowest BCUT2D eigenvalue weighted by Gasteiger charge is -2.13. The van der Waals surface area contributed by atoms with Crippen LogP contribution in [0.5, 0.6) is 11.5 Å². The summed E-state index contributed by atoms with van der Waals surface area (Å²) in [5, 5.41) is 6.61. The summed E-state index contributed by atoms with van der Waals surface area (Å²) in [5.41, 5.74) is 1.06. The first kappa shape index (κ1) is 19.3. The molecule has 1 atom stereocenters. The van der Waals surface area contributed by atoms with E-state index in [1.165, 1.54) is 0 Å². The first-order valence-corrected chi connectivity index (χ1v) is 9.85. The molecule has 0 aromatic heterocycles. The summed E-state index contributed by atoms with van der Waals surface area (Å²) >= 11 is 3.52. The van der Waals surface area contributed by atoms with Crippen LogP contribution in [0.25, 0.3) is 0 Å². The van der Waals surface area contributed by atoms with Crippen molar-refractivity contribution >= 4 is 21.9 Å². The van der Waals surface area contributed by atoms with Crippen LogP contribution in [0.1, 0.15) is 25.3 Å². The Morgan fingerprint density at radius 2 is 2.27 bits per heavy atom. The van der Waals surface area contributed by atoms with Gasteiger partial charge in [-0.1, -0.05) is 0 Å². The second-order valence-corrected chi connectivity index (χ2v) is 7.00. The summed E-state index contributed by atoms with van der Waals surface area (Å²) in [7, 11) is 0. The van der Waals surface area contributed by atoms with E-state index in [0.29, 0.717) is 6.54 Å². The molecule has 0 aliphatic carbocycles. The molecule has 0 radical (unpaired) electrons. The van der Waals surface area contributed by atoms with Gasteiger partial charge >= 0.3 is 0 Å². The van der Waals surface area contributed by atoms with Gasteiger partial charge in [0.05, 0.1) is 23.7 Å². The number of hydrogen-bond acceptors (Lipinski definition) is 5. The van der Waals surface area contributed by atoms with Gasteiger partial charge in [0.2, 0.25) is 6.79 Å². The Labute approximate surface area is 162 Å². The van der Waals surface area contributed by atoms with E-state index >= 15 is 0 Å². The van der Waals surface area contributed by atoms with E-state index in [0.717, 1.165) is 73.2 Å². The highest BCUT2D eigenvalue weighted by Crippen LogP contribution is 2.40. The molecule has 3 rings (SSSR count). The molecule has 7 nitrogen and oxygen atoms in total. The van der Waals surface area contributed by atoms with E-state index in [-0.39, 0.29) is 12.9 Å². The molecule has 0 bridgehead atoms. The zero-order valence-corrected chi connectivity index (χ0v) is 16.6. The lowest BCUT2D eigenvalue weighted by molar-refractivity contribution is 0.0420. The topological polar surface area (TPSA) is 73.3 Å². The van der Waals surface area contributed by atoms with Crippen LogP contribution in [-0.2, 0) is 16.0 Å². The highest BCUT2D eigenvalue weighted by molar-refractivity contribution is 9.10. The highest BCUT2D eigenvalue weighted by Gasteiger charge is 2.18. The zero-order valence-electron chi connectivity index (χ0n) is 15.1. The summed E-state index contributed by atoms with van der Waals surface area (Å²) < 4.78 is 22.8. The third-order valence-electron chi connectivity index (χ3n) is 4.11. The number of nitrogens with one attached hydrogen (secondary N) is 2. The van der Waals surface area contributed by atoms with E-state index in [9.17, 15) is 0 Å². The van der Waals surface area contributed by atoms with Crippen molar-refractivity contribution in [3.8, 4) is 11.5 Å². The summed E-state index contributed by atoms with van der Waals surface area (Å²) in [6.45, 7) is 6.77. The molecule has 2 aliphatic rings. The van der Waals surface area contributed by atoms with Crippen LogP contribution in [0.4, 0.5) is 0 Å². The molecular weight excluding hydrogens is 402 g/mol. The average Bonchev–Trinajstić information content (AvgIpc) is 3.31. The molecule has 1 aromatic rings. The second kappa shape index (κ2) is 9.99. The summed E-state index contributed by atoms with van der Waals surface area (Å²) in [4.78, 5) is 4.64. The van der Waals surface area contributed by atoms with E-state index in [1.54, 1.807) is 0 Å². The monoisotopic (exact) mass is 427 g/mol. The van der Waals surface area contributed by atoms with Crippen molar-refractivity contribution in [1.82, 2.24) is 10.6 Å². The number of benzene rings is 1. The van der Waals surface area contributed by atoms with Crippen LogP contribution in [0.3, 0.4) is 0 Å². The molecule has 1 fully saturated rings. The van der Waals surface area contributed by atoms with Gasteiger partial charge < -0.3 is 29.6 Å². The van der Waals surface area contributed by atoms with Crippen LogP contribution < -0.4 is 20.1 Å². The molecule has 0 saturated carbocycles. The van der Waals surface area contributed by atoms with Crippen molar-refractivity contribution in [2.45, 2.75) is 32.4 Å². The third kappa shape index (κ3) is 5.49. The normalized spacial score (nSPS) is 19.0. The Balaban J connectivity index is 1.45. The summed E-state index contributed by atoms with van der Waals surface area (Å²) in [5.74, 6) is 2.32. The van der Waals surface area contributed by atoms with Crippen molar-refractivity contribution in [3.05, 3.63) is 22.2 Å². The molecule has 144 valence electrons. The quantitative estimate of drug-likeness (QED) is 0.377. The number of fused-ring (bicyclic) bond motifs is 1. The maximum atomic E-state index is 5.77. The van der Waals surface area contributed by atoms with Gasteiger partial charge in [-0.25, -0.2) is 4.99 Å². The SMILES string of the molecule is CCNC(=NCc1cc(Br)c2c(c1)OCO2)NCCCOC1CCOC1. The van der Waals surface area contributed by atoms with Crippen LogP contribution in [0.15, 0.2) is 21.6 Å². The predicted molar refractivity (Wildman–Crippen MR) is 103 cm³/mol. The number of guanidine groups is 1. The third-order valence-corrected chi connectivity index (χ3v) is 4.70. The minimum absolute atomic E-state index is 0.264. The predicted octanol–water partition coefficient (Wildman–Crippen LogP) is 2.43. The Morgan fingerprint density at radius 3 is 3.08 bits per heavy atom. The fraction of sp³-hybridized carbons (Fsp3) is 0.611. The van der Waals surface area contributed by atoms with Crippen molar-refractivity contribution in [3.63, 3.8) is 0 Å². The van der Waals surface area contributed by atoms with Gasteiger partial charge in [-0.3, -0.25) is 0 Å². The van der Waals surface area contributed by atoms with Crippen molar-refractivity contribution < 1.29 is 18.9 Å². The number of halogens is 1. The van der Waals surface area contributed by atoms with E-state index in [2.05, 4.69) is 38.5 Å². The van der Waals surface area contributed by atoms with Gasteiger partial charge in [-0.15, -0.1) is 0 Å². The van der Waals surface area contributed by atoms with E-state index in [4.69, 9.17) is 18.9 Å². The number of hydrogen-bond donors (Lipinski definition) is 2. The fourth-order valence-corrected chi connectivity index (χ4v) is 3.40. The number of nitrogens with zero attached hydrogens (tertiary/aromatic N) is 1. The first-order chi connectivity index (χ1) is 12.8. The minimum atomic E-state index is 0.264. The minimum Gasteiger partial charge on any atom is -0.454 e. The molecule has 2 heterocycles. The summed E-state index contributed by atoms with van der Waals surface area (Å²) in [6.07, 6.45) is 2.19. The molecule has 1 unspecified atom stereocenters. The Morgan fingerprint density at radius 1 is 1.35 bits per heavy atom. The number of aliphatic imine (C=N–C) groups is 1. The second-order valence-electron chi connectivity index (χ2n) is 6.14. The first-order valence-electron chi connectivity index (χ1n) is 9.06. The fourth-order valence-electron chi connectivity index (χ4n) is 2.80. The van der Waals surface area contributed by atoms with Gasteiger partial charge in [-0.05, 0) is 53.4 Å². The zero-order chi connectivity index (χ0) is 18.2. The highest BCUT2D eigenvalue weighted by atomic mass is 79.9. The largest absolute Gasteiger partial charge is 0.454 e. The van der Waals surface area contributed by atoms with Crippen LogP contribution >= 0.6 is 15.9 Å². The average molecular weight is 428 g/mol. The van der Waals surface area contributed by atoms with Crippen LogP contribution in [0, 0.1) is 0 Å².